The van der Waals surface area contributed by atoms with E-state index >= 15 is 0 Å². The van der Waals surface area contributed by atoms with Crippen molar-refractivity contribution in [3.63, 3.8) is 0 Å². The first-order chi connectivity index (χ1) is 9.76. The third-order valence-corrected chi connectivity index (χ3v) is 3.90. The Morgan fingerprint density at radius 3 is 2.38 bits per heavy atom. The maximum absolute atomic E-state index is 12.7. The van der Waals surface area contributed by atoms with Gasteiger partial charge < -0.3 is 10.1 Å². The fourth-order valence-electron chi connectivity index (χ4n) is 1.39. The first-order valence-corrected chi connectivity index (χ1v) is 7.37. The topological polar surface area (TPSA) is 102 Å². The van der Waals surface area contributed by atoms with Crippen molar-refractivity contribution >= 4 is 21.9 Å². The van der Waals surface area contributed by atoms with Gasteiger partial charge in [-0.1, -0.05) is 0 Å². The fraction of sp³-hybridized carbons (Fsp3) is 0.333. The van der Waals surface area contributed by atoms with Crippen molar-refractivity contribution in [1.29, 1.82) is 0 Å². The van der Waals surface area contributed by atoms with Crippen LogP contribution in [0, 0.1) is 5.82 Å². The molecule has 0 radical (unpaired) electrons. The van der Waals surface area contributed by atoms with Crippen LogP contribution in [0.2, 0.25) is 0 Å². The minimum Gasteiger partial charge on any atom is -0.467 e. The van der Waals surface area contributed by atoms with E-state index in [1.807, 2.05) is 4.72 Å². The van der Waals surface area contributed by atoms with Crippen LogP contribution in [-0.4, -0.2) is 40.0 Å². The molecule has 1 aromatic rings. The van der Waals surface area contributed by atoms with Crippen molar-refractivity contribution in [2.45, 2.75) is 17.9 Å². The number of carbonyl (C=O) groups excluding carboxylic acids is 2. The highest BCUT2D eigenvalue weighted by Crippen LogP contribution is 2.08. The summed E-state index contributed by atoms with van der Waals surface area (Å²) < 4.78 is 42.8. The summed E-state index contributed by atoms with van der Waals surface area (Å²) in [6, 6.07) is 3.25. The number of nitrogens with one attached hydrogen (secondary N) is 2. The van der Waals surface area contributed by atoms with Gasteiger partial charge in [-0.05, 0) is 31.2 Å². The number of methoxy groups -OCH3 is 1. The van der Waals surface area contributed by atoms with Gasteiger partial charge in [0.1, 0.15) is 11.9 Å². The fourth-order valence-corrected chi connectivity index (χ4v) is 2.37. The molecule has 0 aliphatic carbocycles. The van der Waals surface area contributed by atoms with Gasteiger partial charge in [0.25, 0.3) is 0 Å². The van der Waals surface area contributed by atoms with Crippen molar-refractivity contribution in [2.75, 3.05) is 13.7 Å². The number of amides is 1. The van der Waals surface area contributed by atoms with Gasteiger partial charge in [0, 0.05) is 0 Å². The van der Waals surface area contributed by atoms with E-state index in [0.29, 0.717) is 0 Å². The largest absolute Gasteiger partial charge is 0.467 e. The van der Waals surface area contributed by atoms with Crippen LogP contribution in [0.1, 0.15) is 6.92 Å². The lowest BCUT2D eigenvalue weighted by Gasteiger charge is -2.12. The first-order valence-electron chi connectivity index (χ1n) is 5.88. The van der Waals surface area contributed by atoms with Crippen LogP contribution >= 0.6 is 0 Å². The summed E-state index contributed by atoms with van der Waals surface area (Å²) in [7, 11) is -2.76. The molecular weight excluding hydrogens is 303 g/mol. The average molecular weight is 318 g/mol. The van der Waals surface area contributed by atoms with Gasteiger partial charge >= 0.3 is 5.97 Å². The maximum Gasteiger partial charge on any atom is 0.328 e. The van der Waals surface area contributed by atoms with Crippen molar-refractivity contribution in [3.05, 3.63) is 30.1 Å². The number of esters is 1. The Morgan fingerprint density at radius 1 is 1.29 bits per heavy atom. The van der Waals surface area contributed by atoms with Gasteiger partial charge in [-0.15, -0.1) is 0 Å². The smallest absolute Gasteiger partial charge is 0.328 e. The molecule has 2 N–H and O–H groups in total. The molecule has 116 valence electrons. The number of hydrogen-bond donors (Lipinski definition) is 2. The highest BCUT2D eigenvalue weighted by Gasteiger charge is 2.19. The monoisotopic (exact) mass is 318 g/mol. The Bertz CT molecular complexity index is 615. The van der Waals surface area contributed by atoms with Crippen LogP contribution in [0.25, 0.3) is 0 Å². The van der Waals surface area contributed by atoms with Crippen molar-refractivity contribution in [2.24, 2.45) is 0 Å². The Balaban J connectivity index is 2.59. The molecule has 0 saturated carbocycles. The molecule has 0 aliphatic rings. The number of carbonyl (C=O) groups is 2. The Morgan fingerprint density at radius 2 is 1.86 bits per heavy atom. The number of sulfonamides is 1. The molecule has 0 spiro atoms. The normalized spacial score (nSPS) is 12.5. The van der Waals surface area contributed by atoms with Gasteiger partial charge in [-0.25, -0.2) is 22.3 Å². The molecule has 21 heavy (non-hydrogen) atoms. The summed E-state index contributed by atoms with van der Waals surface area (Å²) in [5, 5.41) is 2.26. The molecule has 1 rings (SSSR count). The van der Waals surface area contributed by atoms with Crippen molar-refractivity contribution in [1.82, 2.24) is 10.0 Å². The molecule has 7 nitrogen and oxygen atoms in total. The second-order valence-electron chi connectivity index (χ2n) is 4.09. The molecule has 0 bridgehead atoms. The number of hydrogen-bond acceptors (Lipinski definition) is 5. The summed E-state index contributed by atoms with van der Waals surface area (Å²) in [5.41, 5.74) is 0. The van der Waals surface area contributed by atoms with Crippen LogP contribution in [0.15, 0.2) is 29.2 Å². The van der Waals surface area contributed by atoms with E-state index in [9.17, 15) is 22.4 Å². The van der Waals surface area contributed by atoms with Gasteiger partial charge in [-0.2, -0.15) is 0 Å². The number of rotatable bonds is 6. The Hall–Kier alpha value is -2.00. The molecule has 0 aliphatic heterocycles. The molecular formula is C12H15FN2O5S. The predicted octanol–water partition coefficient (Wildman–Crippen LogP) is -0.218. The van der Waals surface area contributed by atoms with Crippen molar-refractivity contribution in [3.8, 4) is 0 Å². The minimum atomic E-state index is -3.93. The summed E-state index contributed by atoms with van der Waals surface area (Å²) in [6.45, 7) is 0.846. The lowest BCUT2D eigenvalue weighted by atomic mass is 10.3. The highest BCUT2D eigenvalue weighted by molar-refractivity contribution is 7.89. The summed E-state index contributed by atoms with van der Waals surface area (Å²) in [4.78, 5) is 22.4. The summed E-state index contributed by atoms with van der Waals surface area (Å²) >= 11 is 0. The van der Waals surface area contributed by atoms with E-state index in [2.05, 4.69) is 10.1 Å². The Labute approximate surface area is 121 Å². The molecule has 0 saturated heterocycles. The second kappa shape index (κ2) is 7.14. The number of halogens is 1. The van der Waals surface area contributed by atoms with E-state index in [1.165, 1.54) is 14.0 Å². The van der Waals surface area contributed by atoms with E-state index in [-0.39, 0.29) is 4.90 Å². The molecule has 1 amide bonds. The predicted molar refractivity (Wildman–Crippen MR) is 71.2 cm³/mol. The molecule has 9 heteroatoms. The number of ether oxygens (including phenoxy) is 1. The molecule has 1 atom stereocenters. The summed E-state index contributed by atoms with van der Waals surface area (Å²) in [6.07, 6.45) is 0. The molecule has 0 aromatic heterocycles. The number of benzene rings is 1. The third-order valence-electron chi connectivity index (χ3n) is 2.48. The van der Waals surface area contributed by atoms with Gasteiger partial charge in [0.05, 0.1) is 18.6 Å². The highest BCUT2D eigenvalue weighted by atomic mass is 32.2. The van der Waals surface area contributed by atoms with Gasteiger partial charge in [0.15, 0.2) is 0 Å². The quantitative estimate of drug-likeness (QED) is 0.706. The maximum atomic E-state index is 12.7. The lowest BCUT2D eigenvalue weighted by Crippen LogP contribution is -2.44. The lowest BCUT2D eigenvalue weighted by molar-refractivity contribution is -0.144. The molecule has 0 heterocycles. The zero-order chi connectivity index (χ0) is 16.0. The standard InChI is InChI=1S/C12H15FN2O5S/c1-8(12(17)20-2)15-11(16)7-14-21(18,19)10-5-3-9(13)4-6-10/h3-6,8,14H,7H2,1-2H3,(H,15,16)/t8-/m1/s1. The SMILES string of the molecule is COC(=O)[C@@H](C)NC(=O)CNS(=O)(=O)c1ccc(F)cc1. The van der Waals surface area contributed by atoms with Crippen LogP contribution < -0.4 is 10.0 Å². The van der Waals surface area contributed by atoms with Gasteiger partial charge in [-0.3, -0.25) is 4.79 Å². The minimum absolute atomic E-state index is 0.169. The Kier molecular flexibility index (Phi) is 5.79. The molecule has 0 fully saturated rings. The molecule has 1 aromatic carbocycles. The van der Waals surface area contributed by atoms with Crippen molar-refractivity contribution < 1.29 is 27.1 Å². The average Bonchev–Trinajstić information content (AvgIpc) is 2.44. The zero-order valence-corrected chi connectivity index (χ0v) is 12.2. The first kappa shape index (κ1) is 17.1. The van der Waals surface area contributed by atoms with Crippen LogP contribution in [0.5, 0.6) is 0 Å². The third kappa shape index (κ3) is 5.12. The van der Waals surface area contributed by atoms with E-state index in [0.717, 1.165) is 24.3 Å². The molecule has 0 unspecified atom stereocenters. The van der Waals surface area contributed by atoms with E-state index in [4.69, 9.17) is 0 Å². The van der Waals surface area contributed by atoms with Crippen LogP contribution in [0.3, 0.4) is 0 Å². The van der Waals surface area contributed by atoms with E-state index < -0.39 is 40.3 Å². The zero-order valence-electron chi connectivity index (χ0n) is 11.4. The van der Waals surface area contributed by atoms with Crippen LogP contribution in [0.4, 0.5) is 4.39 Å². The van der Waals surface area contributed by atoms with E-state index in [1.54, 1.807) is 0 Å². The second-order valence-corrected chi connectivity index (χ2v) is 5.86. The summed E-state index contributed by atoms with van der Waals surface area (Å²) in [5.74, 6) is -1.91. The van der Waals surface area contributed by atoms with Crippen LogP contribution in [-0.2, 0) is 24.3 Å². The van der Waals surface area contributed by atoms with Gasteiger partial charge in [0.2, 0.25) is 15.9 Å².